The molecule has 0 unspecified atom stereocenters. The molecule has 11 rings (SSSR count). The fourth-order valence-corrected chi connectivity index (χ4v) is 8.67. The van der Waals surface area contributed by atoms with E-state index in [-0.39, 0.29) is 0 Å². The van der Waals surface area contributed by atoms with Gasteiger partial charge in [0, 0.05) is 33.2 Å². The number of rotatable bonds is 8. The lowest BCUT2D eigenvalue weighted by Crippen LogP contribution is -1.97. The van der Waals surface area contributed by atoms with Crippen molar-refractivity contribution in [2.45, 2.75) is 0 Å². The number of fused-ring (bicyclic) bond motifs is 3. The number of nitrogens with zero attached hydrogens (tertiary/aromatic N) is 3. The lowest BCUT2D eigenvalue weighted by atomic mass is 9.91. The Morgan fingerprint density at radius 3 is 1.33 bits per heavy atom. The number of aromatic nitrogens is 3. The summed E-state index contributed by atoms with van der Waals surface area (Å²) in [4.78, 5) is 5.13. The van der Waals surface area contributed by atoms with Crippen LogP contribution in [0, 0.1) is 0 Å². The second-order valence-electron chi connectivity index (χ2n) is 15.4. The van der Waals surface area contributed by atoms with Crippen molar-refractivity contribution in [2.24, 2.45) is 0 Å². The van der Waals surface area contributed by atoms with Gasteiger partial charge in [0.1, 0.15) is 5.69 Å². The van der Waals surface area contributed by atoms with E-state index in [0.717, 1.165) is 100 Å². The average Bonchev–Trinajstić information content (AvgIpc) is 3.76. The summed E-state index contributed by atoms with van der Waals surface area (Å²) in [5.74, 6) is 0. The zero-order chi connectivity index (χ0) is 40.5. The summed E-state index contributed by atoms with van der Waals surface area (Å²) in [5, 5.41) is 7.82. The lowest BCUT2D eigenvalue weighted by Gasteiger charge is -2.15. The van der Waals surface area contributed by atoms with Crippen LogP contribution in [0.5, 0.6) is 0 Å². The van der Waals surface area contributed by atoms with Crippen LogP contribution in [0.25, 0.3) is 106 Å². The molecule has 0 N–H and O–H groups in total. The maximum absolute atomic E-state index is 5.49. The molecule has 0 amide bonds. The van der Waals surface area contributed by atoms with Crippen molar-refractivity contribution in [3.8, 4) is 89.5 Å². The summed E-state index contributed by atoms with van der Waals surface area (Å²) >= 11 is 0. The molecule has 3 heteroatoms. The molecule has 0 radical (unpaired) electrons. The summed E-state index contributed by atoms with van der Waals surface area (Å²) < 4.78 is 2.18. The maximum atomic E-state index is 5.49. The van der Waals surface area contributed by atoms with Crippen LogP contribution in [0.2, 0.25) is 0 Å². The van der Waals surface area contributed by atoms with Crippen molar-refractivity contribution < 1.29 is 0 Å². The SMILES string of the molecule is c1ccc(-c2cc(-c3cccc(-c4cccc(-c5cccc6cc(-c7ccccc7)n7nc(-c8ccccc8)c(-c8ccccc8)c7c56)c4)c3)cc(-c3ccccc3)n2)cc1. The fourth-order valence-electron chi connectivity index (χ4n) is 8.67. The van der Waals surface area contributed by atoms with Crippen LogP contribution in [-0.4, -0.2) is 14.6 Å². The van der Waals surface area contributed by atoms with Gasteiger partial charge in [-0.25, -0.2) is 9.50 Å². The zero-order valence-electron chi connectivity index (χ0n) is 33.4. The van der Waals surface area contributed by atoms with Gasteiger partial charge in [0.15, 0.2) is 0 Å². The van der Waals surface area contributed by atoms with Crippen molar-refractivity contribution in [1.29, 1.82) is 0 Å². The fraction of sp³-hybridized carbons (Fsp3) is 0. The molecule has 11 aromatic rings. The first-order valence-electron chi connectivity index (χ1n) is 20.7. The molecule has 0 saturated carbocycles. The molecule has 61 heavy (non-hydrogen) atoms. The summed E-state index contributed by atoms with van der Waals surface area (Å²) in [6.45, 7) is 0. The van der Waals surface area contributed by atoms with Crippen molar-refractivity contribution >= 4 is 16.3 Å². The first kappa shape index (κ1) is 36.0. The molecular weight excluding hydrogens is 739 g/mol. The summed E-state index contributed by atoms with van der Waals surface area (Å²) in [6, 6.07) is 84.0. The van der Waals surface area contributed by atoms with Gasteiger partial charge in [-0.2, -0.15) is 5.10 Å². The Labute approximate surface area is 355 Å². The van der Waals surface area contributed by atoms with Gasteiger partial charge in [-0.15, -0.1) is 0 Å². The molecule has 0 aliphatic carbocycles. The predicted octanol–water partition coefficient (Wildman–Crippen LogP) is 15.2. The molecule has 3 heterocycles. The van der Waals surface area contributed by atoms with Crippen LogP contribution in [0.15, 0.2) is 237 Å². The topological polar surface area (TPSA) is 30.2 Å². The highest BCUT2D eigenvalue weighted by Gasteiger charge is 2.23. The van der Waals surface area contributed by atoms with E-state index in [1.807, 2.05) is 12.1 Å². The summed E-state index contributed by atoms with van der Waals surface area (Å²) in [7, 11) is 0. The number of hydrogen-bond acceptors (Lipinski definition) is 2. The minimum Gasteiger partial charge on any atom is -0.248 e. The summed E-state index contributed by atoms with van der Waals surface area (Å²) in [6.07, 6.45) is 0. The van der Waals surface area contributed by atoms with E-state index in [0.29, 0.717) is 0 Å². The third kappa shape index (κ3) is 6.78. The van der Waals surface area contributed by atoms with Gasteiger partial charge in [0.2, 0.25) is 0 Å². The molecule has 286 valence electrons. The van der Waals surface area contributed by atoms with E-state index in [1.54, 1.807) is 0 Å². The third-order valence-electron chi connectivity index (χ3n) is 11.6. The molecule has 3 aromatic heterocycles. The minimum atomic E-state index is 0.951. The standard InChI is InChI=1S/C58H39N3/c1-6-19-40(20-7-1)52-37-50(38-53(59-52)41-21-8-2-9-22-41)47-31-16-29-45(35-47)46-30-17-32-48(36-46)51-34-18-33-49-39-54(42-23-10-3-11-24-42)61-58(55(49)51)56(43-25-12-4-13-26-43)57(60-61)44-27-14-5-15-28-44/h1-39H. The van der Waals surface area contributed by atoms with E-state index in [1.165, 1.54) is 5.39 Å². The highest BCUT2D eigenvalue weighted by molar-refractivity contribution is 6.14. The first-order chi connectivity index (χ1) is 30.2. The van der Waals surface area contributed by atoms with Crippen LogP contribution in [0.3, 0.4) is 0 Å². The largest absolute Gasteiger partial charge is 0.248 e. The van der Waals surface area contributed by atoms with E-state index >= 15 is 0 Å². The van der Waals surface area contributed by atoms with Crippen molar-refractivity contribution in [3.63, 3.8) is 0 Å². The Bertz CT molecular complexity index is 3260. The van der Waals surface area contributed by atoms with Crippen LogP contribution >= 0.6 is 0 Å². The van der Waals surface area contributed by atoms with Crippen molar-refractivity contribution in [1.82, 2.24) is 14.6 Å². The molecule has 0 bridgehead atoms. The lowest BCUT2D eigenvalue weighted by molar-refractivity contribution is 0.980. The van der Waals surface area contributed by atoms with Crippen LogP contribution in [0.4, 0.5) is 0 Å². The van der Waals surface area contributed by atoms with Gasteiger partial charge in [-0.1, -0.05) is 206 Å². The third-order valence-corrected chi connectivity index (χ3v) is 11.6. The highest BCUT2D eigenvalue weighted by atomic mass is 15.2. The van der Waals surface area contributed by atoms with Gasteiger partial charge in [-0.05, 0) is 74.7 Å². The number of hydrogen-bond donors (Lipinski definition) is 0. The Balaban J connectivity index is 1.10. The monoisotopic (exact) mass is 777 g/mol. The van der Waals surface area contributed by atoms with Gasteiger partial charge >= 0.3 is 0 Å². The van der Waals surface area contributed by atoms with Crippen LogP contribution < -0.4 is 0 Å². The van der Waals surface area contributed by atoms with Crippen molar-refractivity contribution in [3.05, 3.63) is 237 Å². The maximum Gasteiger partial charge on any atom is 0.101 e. The second-order valence-corrected chi connectivity index (χ2v) is 15.4. The molecular formula is C58H39N3. The Morgan fingerprint density at radius 2 is 0.754 bits per heavy atom. The number of benzene rings is 8. The molecule has 0 atom stereocenters. The van der Waals surface area contributed by atoms with E-state index in [9.17, 15) is 0 Å². The summed E-state index contributed by atoms with van der Waals surface area (Å²) in [5.41, 5.74) is 18.5. The molecule has 3 nitrogen and oxygen atoms in total. The minimum absolute atomic E-state index is 0.951. The van der Waals surface area contributed by atoms with E-state index in [4.69, 9.17) is 10.1 Å². The van der Waals surface area contributed by atoms with Gasteiger partial charge in [-0.3, -0.25) is 0 Å². The molecule has 0 spiro atoms. The van der Waals surface area contributed by atoms with Crippen LogP contribution in [0.1, 0.15) is 0 Å². The highest BCUT2D eigenvalue weighted by Crippen LogP contribution is 2.44. The average molecular weight is 778 g/mol. The Kier molecular flexibility index (Phi) is 9.18. The van der Waals surface area contributed by atoms with E-state index in [2.05, 4.69) is 229 Å². The van der Waals surface area contributed by atoms with Crippen LogP contribution in [-0.2, 0) is 0 Å². The molecule has 8 aromatic carbocycles. The second kappa shape index (κ2) is 15.6. The zero-order valence-corrected chi connectivity index (χ0v) is 33.4. The first-order valence-corrected chi connectivity index (χ1v) is 20.7. The smallest absolute Gasteiger partial charge is 0.101 e. The predicted molar refractivity (Wildman–Crippen MR) is 254 cm³/mol. The van der Waals surface area contributed by atoms with Gasteiger partial charge < -0.3 is 0 Å². The van der Waals surface area contributed by atoms with Gasteiger partial charge in [0.25, 0.3) is 0 Å². The van der Waals surface area contributed by atoms with Gasteiger partial charge in [0.05, 0.1) is 22.6 Å². The van der Waals surface area contributed by atoms with E-state index < -0.39 is 0 Å². The Hall–Kier alpha value is -8.14. The molecule has 0 fully saturated rings. The quantitative estimate of drug-likeness (QED) is 0.154. The molecule has 0 saturated heterocycles. The van der Waals surface area contributed by atoms with Crippen molar-refractivity contribution in [2.75, 3.05) is 0 Å². The number of pyridine rings is 2. The normalized spacial score (nSPS) is 11.3. The molecule has 0 aliphatic rings. The molecule has 0 aliphatic heterocycles. The Morgan fingerprint density at radius 1 is 0.311 bits per heavy atom.